The minimum absolute atomic E-state index is 0.198. The van der Waals surface area contributed by atoms with Crippen molar-refractivity contribution in [3.63, 3.8) is 0 Å². The number of halogens is 2. The molecule has 3 heterocycles. The molecule has 9 heteroatoms. The van der Waals surface area contributed by atoms with E-state index in [-0.39, 0.29) is 17.8 Å². The molecule has 0 aliphatic heterocycles. The predicted molar refractivity (Wildman–Crippen MR) is 107 cm³/mol. The number of pyridine rings is 2. The minimum Gasteiger partial charge on any atom is -0.351 e. The Morgan fingerprint density at radius 2 is 1.87 bits per heavy atom. The van der Waals surface area contributed by atoms with Crippen molar-refractivity contribution in [3.05, 3.63) is 76.0 Å². The van der Waals surface area contributed by atoms with Gasteiger partial charge in [0, 0.05) is 24.4 Å². The number of amides is 1. The number of carbonyl (C=O) groups is 1. The summed E-state index contributed by atoms with van der Waals surface area (Å²) in [6.07, 6.45) is 1.33. The van der Waals surface area contributed by atoms with Crippen molar-refractivity contribution in [2.24, 2.45) is 0 Å². The van der Waals surface area contributed by atoms with Gasteiger partial charge in [-0.25, -0.2) is 8.78 Å². The molecule has 0 aliphatic carbocycles. The Bertz CT molecular complexity index is 1320. The summed E-state index contributed by atoms with van der Waals surface area (Å²) in [7, 11) is 0. The quantitative estimate of drug-likeness (QED) is 0.542. The summed E-state index contributed by atoms with van der Waals surface area (Å²) >= 11 is 0. The summed E-state index contributed by atoms with van der Waals surface area (Å²) in [5, 5.41) is 9.84. The maximum absolute atomic E-state index is 14.4. The highest BCUT2D eigenvalue weighted by Crippen LogP contribution is 2.27. The molecule has 0 bridgehead atoms. The van der Waals surface area contributed by atoms with Gasteiger partial charge in [-0.3, -0.25) is 24.2 Å². The average Bonchev–Trinajstić information content (AvgIpc) is 3.10. The van der Waals surface area contributed by atoms with Crippen LogP contribution in [0, 0.1) is 18.6 Å². The van der Waals surface area contributed by atoms with Crippen molar-refractivity contribution in [3.8, 4) is 16.9 Å². The number of aryl methyl sites for hydroxylation is 1. The Morgan fingerprint density at radius 1 is 1.17 bits per heavy atom. The third kappa shape index (κ3) is 3.34. The number of aromatic amines is 1. The highest BCUT2D eigenvalue weighted by Gasteiger charge is 2.20. The maximum Gasteiger partial charge on any atom is 0.266 e. The molecule has 0 aliphatic rings. The molecule has 0 saturated heterocycles. The molecule has 7 nitrogen and oxygen atoms in total. The molecular formula is C21H17F2N5O2. The fourth-order valence-corrected chi connectivity index (χ4v) is 3.27. The molecule has 0 spiro atoms. The monoisotopic (exact) mass is 409 g/mol. The largest absolute Gasteiger partial charge is 0.351 e. The molecule has 4 rings (SSSR count). The molecule has 152 valence electrons. The van der Waals surface area contributed by atoms with Crippen LogP contribution in [-0.2, 0) is 11.3 Å². The third-order valence-corrected chi connectivity index (χ3v) is 4.67. The van der Waals surface area contributed by atoms with Crippen LogP contribution >= 0.6 is 0 Å². The summed E-state index contributed by atoms with van der Waals surface area (Å²) in [5.41, 5.74) is 1.18. The summed E-state index contributed by atoms with van der Waals surface area (Å²) in [6.45, 7) is 3.27. The molecule has 3 aromatic heterocycles. The molecule has 2 N–H and O–H groups in total. The standard InChI is InChI=1S/C21H17F2N5O2/c1-11-18-19(27-26-11)14(17-8-3-5-13(25-17)9-24-12(2)29)10-28(21(18)30)20-15(22)6-4-7-16(20)23/h3-8,10H,9H2,1-2H3,(H,24,29)(H,26,27). The molecule has 0 saturated carbocycles. The maximum atomic E-state index is 14.4. The Morgan fingerprint density at radius 3 is 2.57 bits per heavy atom. The van der Waals surface area contributed by atoms with Crippen molar-refractivity contribution >= 4 is 16.8 Å². The Labute approximate surface area is 169 Å². The molecule has 0 atom stereocenters. The van der Waals surface area contributed by atoms with Crippen LogP contribution in [0.4, 0.5) is 8.78 Å². The zero-order valence-corrected chi connectivity index (χ0v) is 16.2. The van der Waals surface area contributed by atoms with E-state index in [1.54, 1.807) is 25.1 Å². The second-order valence-electron chi connectivity index (χ2n) is 6.78. The van der Waals surface area contributed by atoms with E-state index >= 15 is 0 Å². The molecule has 0 unspecified atom stereocenters. The van der Waals surface area contributed by atoms with Crippen molar-refractivity contribution in [2.45, 2.75) is 20.4 Å². The molecular weight excluding hydrogens is 392 g/mol. The number of benzene rings is 1. The first-order chi connectivity index (χ1) is 14.4. The van der Waals surface area contributed by atoms with Gasteiger partial charge in [-0.05, 0) is 31.2 Å². The number of hydrogen-bond donors (Lipinski definition) is 2. The van der Waals surface area contributed by atoms with E-state index in [0.717, 1.165) is 16.7 Å². The number of hydrogen-bond acceptors (Lipinski definition) is 4. The van der Waals surface area contributed by atoms with Gasteiger partial charge in [0.15, 0.2) is 0 Å². The number of nitrogens with zero attached hydrogens (tertiary/aromatic N) is 3. The van der Waals surface area contributed by atoms with E-state index in [4.69, 9.17) is 0 Å². The van der Waals surface area contributed by atoms with Gasteiger partial charge in [0.25, 0.3) is 5.56 Å². The van der Waals surface area contributed by atoms with Crippen LogP contribution in [0.15, 0.2) is 47.4 Å². The number of carbonyl (C=O) groups excluding carboxylic acids is 1. The van der Waals surface area contributed by atoms with Gasteiger partial charge in [-0.1, -0.05) is 12.1 Å². The molecule has 30 heavy (non-hydrogen) atoms. The number of aromatic nitrogens is 4. The predicted octanol–water partition coefficient (Wildman–Crippen LogP) is 3.00. The second kappa shape index (κ2) is 7.51. The Hall–Kier alpha value is -3.88. The molecule has 0 fully saturated rings. The zero-order chi connectivity index (χ0) is 21.4. The first-order valence-electron chi connectivity index (χ1n) is 9.12. The topological polar surface area (TPSA) is 92.7 Å². The van der Waals surface area contributed by atoms with Crippen molar-refractivity contribution in [1.29, 1.82) is 0 Å². The van der Waals surface area contributed by atoms with Gasteiger partial charge < -0.3 is 5.32 Å². The average molecular weight is 409 g/mol. The van der Waals surface area contributed by atoms with Crippen LogP contribution in [0.25, 0.3) is 27.8 Å². The van der Waals surface area contributed by atoms with Gasteiger partial charge in [0.2, 0.25) is 5.91 Å². The van der Waals surface area contributed by atoms with Crippen LogP contribution in [-0.4, -0.2) is 25.7 Å². The number of rotatable bonds is 4. The summed E-state index contributed by atoms with van der Waals surface area (Å²) in [5.74, 6) is -1.93. The summed E-state index contributed by atoms with van der Waals surface area (Å²) in [6, 6.07) is 8.58. The lowest BCUT2D eigenvalue weighted by Crippen LogP contribution is -2.21. The lowest BCUT2D eigenvalue weighted by atomic mass is 10.1. The first-order valence-corrected chi connectivity index (χ1v) is 9.12. The van der Waals surface area contributed by atoms with Crippen LogP contribution in [0.2, 0.25) is 0 Å². The third-order valence-electron chi connectivity index (χ3n) is 4.67. The lowest BCUT2D eigenvalue weighted by molar-refractivity contribution is -0.119. The fraction of sp³-hybridized carbons (Fsp3) is 0.143. The summed E-state index contributed by atoms with van der Waals surface area (Å²) in [4.78, 5) is 28.7. The van der Waals surface area contributed by atoms with E-state index < -0.39 is 22.9 Å². The normalized spacial score (nSPS) is 11.1. The zero-order valence-electron chi connectivity index (χ0n) is 16.2. The van der Waals surface area contributed by atoms with Crippen LogP contribution in [0.3, 0.4) is 0 Å². The van der Waals surface area contributed by atoms with E-state index in [1.165, 1.54) is 19.2 Å². The van der Waals surface area contributed by atoms with Gasteiger partial charge in [0.1, 0.15) is 22.8 Å². The van der Waals surface area contributed by atoms with Crippen molar-refractivity contribution in [2.75, 3.05) is 0 Å². The highest BCUT2D eigenvalue weighted by atomic mass is 19.1. The highest BCUT2D eigenvalue weighted by molar-refractivity contribution is 5.93. The lowest BCUT2D eigenvalue weighted by Gasteiger charge is -2.12. The number of fused-ring (bicyclic) bond motifs is 1. The molecule has 1 amide bonds. The first kappa shape index (κ1) is 19.4. The Kier molecular flexibility index (Phi) is 4.86. The molecule has 0 radical (unpaired) electrons. The molecule has 1 aromatic carbocycles. The van der Waals surface area contributed by atoms with Crippen molar-refractivity contribution < 1.29 is 13.6 Å². The van der Waals surface area contributed by atoms with Gasteiger partial charge in [-0.2, -0.15) is 5.10 Å². The minimum atomic E-state index is -0.865. The number of para-hydroxylation sites is 1. The Balaban J connectivity index is 1.98. The van der Waals surface area contributed by atoms with Gasteiger partial charge >= 0.3 is 0 Å². The van der Waals surface area contributed by atoms with Crippen LogP contribution < -0.4 is 10.9 Å². The number of H-pyrrole nitrogens is 1. The van der Waals surface area contributed by atoms with E-state index in [0.29, 0.717) is 28.2 Å². The summed E-state index contributed by atoms with van der Waals surface area (Å²) < 4.78 is 29.8. The van der Waals surface area contributed by atoms with Gasteiger partial charge in [-0.15, -0.1) is 0 Å². The van der Waals surface area contributed by atoms with Crippen LogP contribution in [0.5, 0.6) is 0 Å². The van der Waals surface area contributed by atoms with Crippen molar-refractivity contribution in [1.82, 2.24) is 25.1 Å². The van der Waals surface area contributed by atoms with E-state index in [9.17, 15) is 18.4 Å². The van der Waals surface area contributed by atoms with E-state index in [1.807, 2.05) is 0 Å². The SMILES string of the molecule is CC(=O)NCc1cccc(-c2cn(-c3c(F)cccc3F)c(=O)c3c(C)[nH]nc23)n1. The fourth-order valence-electron chi connectivity index (χ4n) is 3.27. The van der Waals surface area contributed by atoms with E-state index in [2.05, 4.69) is 20.5 Å². The van der Waals surface area contributed by atoms with Gasteiger partial charge in [0.05, 0.1) is 23.3 Å². The molecule has 4 aromatic rings. The van der Waals surface area contributed by atoms with Crippen LogP contribution in [0.1, 0.15) is 18.3 Å². The smallest absolute Gasteiger partial charge is 0.266 e. The second-order valence-corrected chi connectivity index (χ2v) is 6.78. The number of nitrogens with one attached hydrogen (secondary N) is 2.